The number of hydrogen-bond acceptors (Lipinski definition) is 6. The number of anilines is 1. The van der Waals surface area contributed by atoms with E-state index in [0.717, 1.165) is 22.1 Å². The van der Waals surface area contributed by atoms with Crippen molar-refractivity contribution >= 4 is 33.1 Å². The van der Waals surface area contributed by atoms with Crippen LogP contribution in [0.1, 0.15) is 18.1 Å². The van der Waals surface area contributed by atoms with Gasteiger partial charge in [0, 0.05) is 5.69 Å². The molecule has 8 nitrogen and oxygen atoms in total. The van der Waals surface area contributed by atoms with Crippen molar-refractivity contribution in [3.63, 3.8) is 0 Å². The van der Waals surface area contributed by atoms with Gasteiger partial charge in [-0.15, -0.1) is 11.3 Å². The molecule has 33 heavy (non-hydrogen) atoms. The van der Waals surface area contributed by atoms with Crippen LogP contribution in [0, 0.1) is 0 Å². The fourth-order valence-corrected chi connectivity index (χ4v) is 4.77. The zero-order valence-corrected chi connectivity index (χ0v) is 18.7. The Balaban J connectivity index is 1.50. The van der Waals surface area contributed by atoms with Gasteiger partial charge in [0.15, 0.2) is 11.5 Å². The van der Waals surface area contributed by atoms with Crippen LogP contribution in [0.4, 0.5) is 5.69 Å². The quantitative estimate of drug-likeness (QED) is 0.474. The van der Waals surface area contributed by atoms with Crippen molar-refractivity contribution in [3.8, 4) is 11.5 Å². The van der Waals surface area contributed by atoms with Gasteiger partial charge in [-0.25, -0.2) is 4.79 Å². The van der Waals surface area contributed by atoms with Gasteiger partial charge in [0.05, 0.1) is 12.1 Å². The molecule has 9 heteroatoms. The van der Waals surface area contributed by atoms with E-state index in [2.05, 4.69) is 5.32 Å². The molecule has 0 unspecified atom stereocenters. The van der Waals surface area contributed by atoms with Crippen LogP contribution < -0.4 is 26.0 Å². The first-order chi connectivity index (χ1) is 16.0. The highest BCUT2D eigenvalue weighted by Gasteiger charge is 2.19. The van der Waals surface area contributed by atoms with Crippen molar-refractivity contribution in [2.45, 2.75) is 26.4 Å². The zero-order valence-electron chi connectivity index (χ0n) is 17.9. The summed E-state index contributed by atoms with van der Waals surface area (Å²) in [6.07, 6.45) is 0.769. The molecule has 0 fully saturated rings. The number of benzene rings is 2. The maximum atomic E-state index is 13.3. The molecule has 0 atom stereocenters. The second-order valence-corrected chi connectivity index (χ2v) is 8.56. The number of amides is 1. The van der Waals surface area contributed by atoms with E-state index < -0.39 is 5.69 Å². The number of aryl methyl sites for hydroxylation is 1. The second kappa shape index (κ2) is 8.59. The minimum absolute atomic E-state index is 0.0580. The molecule has 0 spiro atoms. The summed E-state index contributed by atoms with van der Waals surface area (Å²) < 4.78 is 13.7. The third kappa shape index (κ3) is 3.91. The zero-order chi connectivity index (χ0) is 22.9. The minimum Gasteiger partial charge on any atom is -0.454 e. The standard InChI is InChI=1S/C24H21N3O5S/c1-2-16-5-3-4-6-17(16)25-21(28)13-26-18-9-10-33-22(18)23(29)27(24(26)30)12-15-7-8-19-20(11-15)32-14-31-19/h3-11H,2,12-14H2,1H3,(H,25,28). The van der Waals surface area contributed by atoms with Gasteiger partial charge in [-0.1, -0.05) is 31.2 Å². The summed E-state index contributed by atoms with van der Waals surface area (Å²) in [6.45, 7) is 2.01. The SMILES string of the molecule is CCc1ccccc1NC(=O)Cn1c(=O)n(Cc2ccc3c(c2)OCO3)c(=O)c2sccc21. The number of rotatable bonds is 6. The van der Waals surface area contributed by atoms with Gasteiger partial charge in [-0.05, 0) is 47.2 Å². The van der Waals surface area contributed by atoms with Gasteiger partial charge < -0.3 is 14.8 Å². The molecule has 0 saturated carbocycles. The van der Waals surface area contributed by atoms with Gasteiger partial charge in [-0.2, -0.15) is 0 Å². The molecule has 1 aliphatic rings. The van der Waals surface area contributed by atoms with Gasteiger partial charge >= 0.3 is 5.69 Å². The Hall–Kier alpha value is -3.85. The Bertz CT molecular complexity index is 1480. The first-order valence-electron chi connectivity index (χ1n) is 10.5. The molecule has 0 saturated heterocycles. The minimum atomic E-state index is -0.539. The number of ether oxygens (including phenoxy) is 2. The highest BCUT2D eigenvalue weighted by molar-refractivity contribution is 7.17. The lowest BCUT2D eigenvalue weighted by Crippen LogP contribution is -2.41. The number of nitrogens with one attached hydrogen (secondary N) is 1. The van der Waals surface area contributed by atoms with E-state index in [-0.39, 0.29) is 31.3 Å². The molecule has 2 aromatic carbocycles. The normalized spacial score (nSPS) is 12.3. The summed E-state index contributed by atoms with van der Waals surface area (Å²) in [4.78, 5) is 39.3. The molecular weight excluding hydrogens is 442 g/mol. The van der Waals surface area contributed by atoms with E-state index in [1.807, 2.05) is 31.2 Å². The second-order valence-electron chi connectivity index (χ2n) is 7.64. The average Bonchev–Trinajstić information content (AvgIpc) is 3.49. The number of thiophene rings is 1. The number of para-hydroxylation sites is 1. The fourth-order valence-electron chi connectivity index (χ4n) is 3.93. The summed E-state index contributed by atoms with van der Waals surface area (Å²) in [6, 6.07) is 14.5. The molecule has 3 heterocycles. The van der Waals surface area contributed by atoms with Crippen molar-refractivity contribution < 1.29 is 14.3 Å². The predicted molar refractivity (Wildman–Crippen MR) is 126 cm³/mol. The topological polar surface area (TPSA) is 91.6 Å². The van der Waals surface area contributed by atoms with Crippen LogP contribution in [0.15, 0.2) is 63.5 Å². The van der Waals surface area contributed by atoms with Crippen molar-refractivity contribution in [1.29, 1.82) is 0 Å². The van der Waals surface area contributed by atoms with Crippen LogP contribution in [0.2, 0.25) is 0 Å². The maximum Gasteiger partial charge on any atom is 0.332 e. The Kier molecular flexibility index (Phi) is 5.47. The number of carbonyl (C=O) groups is 1. The molecule has 1 N–H and O–H groups in total. The number of nitrogens with zero attached hydrogens (tertiary/aromatic N) is 2. The van der Waals surface area contributed by atoms with E-state index in [4.69, 9.17) is 9.47 Å². The van der Waals surface area contributed by atoms with Crippen LogP contribution >= 0.6 is 11.3 Å². The summed E-state index contributed by atoms with van der Waals surface area (Å²) in [7, 11) is 0. The van der Waals surface area contributed by atoms with E-state index >= 15 is 0 Å². The van der Waals surface area contributed by atoms with Crippen molar-refractivity contribution in [3.05, 3.63) is 85.9 Å². The molecule has 2 aromatic heterocycles. The Morgan fingerprint density at radius 1 is 1.06 bits per heavy atom. The van der Waals surface area contributed by atoms with E-state index in [1.165, 1.54) is 15.9 Å². The van der Waals surface area contributed by atoms with Crippen LogP contribution in [0.25, 0.3) is 10.2 Å². The molecule has 1 aliphatic heterocycles. The maximum absolute atomic E-state index is 13.3. The fraction of sp³-hybridized carbons (Fsp3) is 0.208. The van der Waals surface area contributed by atoms with Crippen LogP contribution in [-0.4, -0.2) is 21.8 Å². The molecule has 0 aliphatic carbocycles. The van der Waals surface area contributed by atoms with Crippen molar-refractivity contribution in [2.24, 2.45) is 0 Å². The van der Waals surface area contributed by atoms with Crippen molar-refractivity contribution in [2.75, 3.05) is 12.1 Å². The number of carbonyl (C=O) groups excluding carboxylic acids is 1. The van der Waals surface area contributed by atoms with Gasteiger partial charge in [-0.3, -0.25) is 18.7 Å². The Labute approximate surface area is 192 Å². The van der Waals surface area contributed by atoms with Gasteiger partial charge in [0.2, 0.25) is 12.7 Å². The third-order valence-electron chi connectivity index (χ3n) is 5.59. The molecule has 0 bridgehead atoms. The predicted octanol–water partition coefficient (Wildman–Crippen LogP) is 3.20. The molecule has 1 amide bonds. The smallest absolute Gasteiger partial charge is 0.332 e. The van der Waals surface area contributed by atoms with Gasteiger partial charge in [0.25, 0.3) is 5.56 Å². The molecule has 5 rings (SSSR count). The summed E-state index contributed by atoms with van der Waals surface area (Å²) in [5.74, 6) is 0.868. The molecular formula is C24H21N3O5S. The van der Waals surface area contributed by atoms with Crippen LogP contribution in [-0.2, 0) is 24.3 Å². The monoisotopic (exact) mass is 463 g/mol. The van der Waals surface area contributed by atoms with Gasteiger partial charge in [0.1, 0.15) is 11.2 Å². The molecule has 0 radical (unpaired) electrons. The number of fused-ring (bicyclic) bond motifs is 2. The summed E-state index contributed by atoms with van der Waals surface area (Å²) in [5.41, 5.74) is 1.98. The third-order valence-corrected chi connectivity index (χ3v) is 6.48. The summed E-state index contributed by atoms with van der Waals surface area (Å²) in [5, 5.41) is 4.64. The number of aromatic nitrogens is 2. The van der Waals surface area contributed by atoms with Crippen LogP contribution in [0.3, 0.4) is 0 Å². The molecule has 4 aromatic rings. The van der Waals surface area contributed by atoms with E-state index in [9.17, 15) is 14.4 Å². The first kappa shape index (κ1) is 21.0. The lowest BCUT2D eigenvalue weighted by molar-refractivity contribution is -0.116. The van der Waals surface area contributed by atoms with E-state index in [0.29, 0.717) is 27.4 Å². The summed E-state index contributed by atoms with van der Waals surface area (Å²) >= 11 is 1.25. The van der Waals surface area contributed by atoms with E-state index in [1.54, 1.807) is 29.6 Å². The first-order valence-corrected chi connectivity index (χ1v) is 11.4. The highest BCUT2D eigenvalue weighted by Crippen LogP contribution is 2.32. The average molecular weight is 464 g/mol. The number of hydrogen-bond donors (Lipinski definition) is 1. The Morgan fingerprint density at radius 2 is 1.88 bits per heavy atom. The molecule has 168 valence electrons. The van der Waals surface area contributed by atoms with Crippen molar-refractivity contribution in [1.82, 2.24) is 9.13 Å². The highest BCUT2D eigenvalue weighted by atomic mass is 32.1. The Morgan fingerprint density at radius 3 is 2.73 bits per heavy atom. The lowest BCUT2D eigenvalue weighted by atomic mass is 10.1. The van der Waals surface area contributed by atoms with Crippen LogP contribution in [0.5, 0.6) is 11.5 Å². The lowest BCUT2D eigenvalue weighted by Gasteiger charge is -2.14. The largest absolute Gasteiger partial charge is 0.454 e.